The maximum absolute atomic E-state index is 12.7. The van der Waals surface area contributed by atoms with Gasteiger partial charge in [0.05, 0.1) is 6.61 Å². The van der Waals surface area contributed by atoms with Crippen molar-refractivity contribution >= 4 is 11.9 Å². The molecule has 0 aromatic heterocycles. The van der Waals surface area contributed by atoms with Gasteiger partial charge in [0.1, 0.15) is 6.61 Å². The summed E-state index contributed by atoms with van der Waals surface area (Å²) < 4.78 is 17.3. The first-order valence-electron chi connectivity index (χ1n) is 24.8. The molecule has 0 aliphatic carbocycles. The smallest absolute Gasteiger partial charge is 0.306 e. The third-order valence-electron chi connectivity index (χ3n) is 10.1. The molecule has 0 aromatic rings. The monoisotopic (exact) mass is 833 g/mol. The number of carbonyl (C=O) groups excluding carboxylic acids is 2. The van der Waals surface area contributed by atoms with Gasteiger partial charge in [0.15, 0.2) is 6.10 Å². The lowest BCUT2D eigenvalue weighted by molar-refractivity contribution is -0.163. The van der Waals surface area contributed by atoms with E-state index < -0.39 is 6.10 Å². The fourth-order valence-electron chi connectivity index (χ4n) is 6.46. The van der Waals surface area contributed by atoms with Crippen LogP contribution in [0.1, 0.15) is 213 Å². The molecule has 1 unspecified atom stereocenters. The van der Waals surface area contributed by atoms with Crippen molar-refractivity contribution in [2.75, 3.05) is 19.8 Å². The zero-order valence-corrected chi connectivity index (χ0v) is 39.2. The van der Waals surface area contributed by atoms with Crippen molar-refractivity contribution < 1.29 is 23.8 Å². The summed E-state index contributed by atoms with van der Waals surface area (Å²) in [5.74, 6) is -0.471. The fraction of sp³-hybridized carbons (Fsp3) is 0.673. The maximum Gasteiger partial charge on any atom is 0.306 e. The first kappa shape index (κ1) is 56.8. The van der Waals surface area contributed by atoms with E-state index in [1.807, 2.05) is 0 Å². The van der Waals surface area contributed by atoms with Gasteiger partial charge in [-0.1, -0.05) is 189 Å². The molecule has 0 saturated carbocycles. The molecule has 342 valence electrons. The molecule has 0 aliphatic rings. The minimum atomic E-state index is -0.585. The van der Waals surface area contributed by atoms with Crippen molar-refractivity contribution in [1.29, 1.82) is 0 Å². The van der Waals surface area contributed by atoms with E-state index in [2.05, 4.69) is 118 Å². The Balaban J connectivity index is 4.38. The topological polar surface area (TPSA) is 61.8 Å². The van der Waals surface area contributed by atoms with Crippen LogP contribution < -0.4 is 0 Å². The summed E-state index contributed by atoms with van der Waals surface area (Å²) in [4.78, 5) is 25.3. The van der Waals surface area contributed by atoms with E-state index in [4.69, 9.17) is 14.2 Å². The third-order valence-corrected chi connectivity index (χ3v) is 10.1. The molecule has 0 N–H and O–H groups in total. The highest BCUT2D eigenvalue weighted by Crippen LogP contribution is 2.13. The average molecular weight is 833 g/mol. The van der Waals surface area contributed by atoms with Crippen molar-refractivity contribution in [2.24, 2.45) is 0 Å². The average Bonchev–Trinajstić information content (AvgIpc) is 3.25. The van der Waals surface area contributed by atoms with Crippen LogP contribution >= 0.6 is 0 Å². The second-order valence-corrected chi connectivity index (χ2v) is 15.9. The summed E-state index contributed by atoms with van der Waals surface area (Å²) >= 11 is 0. The Morgan fingerprint density at radius 3 is 1.23 bits per heavy atom. The minimum absolute atomic E-state index is 0.0446. The lowest BCUT2D eigenvalue weighted by Crippen LogP contribution is -2.30. The third kappa shape index (κ3) is 47.5. The number of hydrogen-bond acceptors (Lipinski definition) is 5. The largest absolute Gasteiger partial charge is 0.462 e. The van der Waals surface area contributed by atoms with Crippen LogP contribution in [0.3, 0.4) is 0 Å². The van der Waals surface area contributed by atoms with E-state index in [-0.39, 0.29) is 25.2 Å². The Bertz CT molecular complexity index is 1170. The Morgan fingerprint density at radius 1 is 0.383 bits per heavy atom. The van der Waals surface area contributed by atoms with Gasteiger partial charge in [0.25, 0.3) is 0 Å². The lowest BCUT2D eigenvalue weighted by Gasteiger charge is -2.18. The molecule has 1 atom stereocenters. The van der Waals surface area contributed by atoms with Crippen molar-refractivity contribution in [1.82, 2.24) is 0 Å². The van der Waals surface area contributed by atoms with Crippen molar-refractivity contribution in [2.45, 2.75) is 219 Å². The van der Waals surface area contributed by atoms with E-state index in [0.29, 0.717) is 19.4 Å². The highest BCUT2D eigenvalue weighted by atomic mass is 16.6. The molecule has 0 rings (SSSR count). The number of carbonyl (C=O) groups is 2. The van der Waals surface area contributed by atoms with Gasteiger partial charge in [-0.25, -0.2) is 0 Å². The van der Waals surface area contributed by atoms with Crippen LogP contribution in [0.25, 0.3) is 0 Å². The second-order valence-electron chi connectivity index (χ2n) is 15.9. The summed E-state index contributed by atoms with van der Waals surface area (Å²) in [6, 6.07) is 0. The van der Waals surface area contributed by atoms with Crippen LogP contribution in [-0.4, -0.2) is 37.9 Å². The van der Waals surface area contributed by atoms with E-state index in [0.717, 1.165) is 103 Å². The Kier molecular flexibility index (Phi) is 47.5. The quantitative estimate of drug-likeness (QED) is 0.0348. The van der Waals surface area contributed by atoms with Gasteiger partial charge in [-0.05, 0) is 109 Å². The van der Waals surface area contributed by atoms with Gasteiger partial charge in [0, 0.05) is 19.4 Å². The minimum Gasteiger partial charge on any atom is -0.462 e. The lowest BCUT2D eigenvalue weighted by atomic mass is 10.1. The van der Waals surface area contributed by atoms with Crippen LogP contribution in [-0.2, 0) is 23.8 Å². The Morgan fingerprint density at radius 2 is 0.750 bits per heavy atom. The summed E-state index contributed by atoms with van der Waals surface area (Å²) in [6.45, 7) is 7.41. The van der Waals surface area contributed by atoms with Crippen molar-refractivity contribution in [3.8, 4) is 0 Å². The first-order valence-corrected chi connectivity index (χ1v) is 24.8. The molecule has 0 radical (unpaired) electrons. The molecule has 60 heavy (non-hydrogen) atoms. The molecule has 0 aliphatic heterocycles. The maximum atomic E-state index is 12.7. The highest BCUT2D eigenvalue weighted by molar-refractivity contribution is 5.70. The number of ether oxygens (including phenoxy) is 3. The molecular weight excluding hydrogens is 741 g/mol. The molecule has 0 saturated heterocycles. The molecule has 0 amide bonds. The van der Waals surface area contributed by atoms with Gasteiger partial charge < -0.3 is 14.2 Å². The SMILES string of the molecule is CC/C=C\C/C=C\C/C=C\C/C=C\CCCOCC(COC(=O)CCCCCCCCC/C=C\CCCCCCCC)OC(=O)CCCCC/C=C\C/C=C\C/C=C\CC. The standard InChI is InChI=1S/C55H92O5/c1-4-7-10-13-16-19-22-25-27-28-29-31-33-36-39-42-45-48-54(56)59-52-53(51-58-50-47-44-41-38-35-32-26-23-20-17-14-11-8-5-2)60-55(57)49-46-43-40-37-34-30-24-21-18-15-12-9-6-3/h8-9,11-12,17-18,20-21,25-27,30,32,34,38,41,53H,4-7,10,13-16,19,22-24,28-29,31,33,35-37,39-40,42-52H2,1-3H3/b11-8-,12-9-,20-17-,21-18-,27-25-,32-26-,34-30-,41-38-. The molecule has 5 nitrogen and oxygen atoms in total. The molecule has 0 fully saturated rings. The van der Waals surface area contributed by atoms with Gasteiger partial charge in [-0.3, -0.25) is 9.59 Å². The Labute approximate surface area is 371 Å². The fourth-order valence-corrected chi connectivity index (χ4v) is 6.46. The predicted molar refractivity (Wildman–Crippen MR) is 260 cm³/mol. The molecular formula is C55H92O5. The summed E-state index contributed by atoms with van der Waals surface area (Å²) in [5.41, 5.74) is 0. The second kappa shape index (κ2) is 50.2. The number of hydrogen-bond donors (Lipinski definition) is 0. The molecule has 0 bridgehead atoms. The van der Waals surface area contributed by atoms with Gasteiger partial charge >= 0.3 is 11.9 Å². The number of esters is 2. The summed E-state index contributed by atoms with van der Waals surface area (Å²) in [5, 5.41) is 0. The number of rotatable bonds is 44. The van der Waals surface area contributed by atoms with E-state index >= 15 is 0 Å². The number of unbranched alkanes of at least 4 members (excludes halogenated alkanes) is 17. The zero-order chi connectivity index (χ0) is 43.5. The van der Waals surface area contributed by atoms with Crippen LogP contribution in [0.4, 0.5) is 0 Å². The molecule has 0 spiro atoms. The summed E-state index contributed by atoms with van der Waals surface area (Å²) in [7, 11) is 0. The number of allylic oxidation sites excluding steroid dienone is 16. The zero-order valence-electron chi connectivity index (χ0n) is 39.2. The van der Waals surface area contributed by atoms with Crippen LogP contribution in [0, 0.1) is 0 Å². The van der Waals surface area contributed by atoms with E-state index in [1.165, 1.54) is 77.0 Å². The van der Waals surface area contributed by atoms with E-state index in [9.17, 15) is 9.59 Å². The van der Waals surface area contributed by atoms with E-state index in [1.54, 1.807) is 0 Å². The van der Waals surface area contributed by atoms with Gasteiger partial charge in [0.2, 0.25) is 0 Å². The van der Waals surface area contributed by atoms with Crippen LogP contribution in [0.15, 0.2) is 97.2 Å². The van der Waals surface area contributed by atoms with Gasteiger partial charge in [-0.2, -0.15) is 0 Å². The normalized spacial score (nSPS) is 13.1. The predicted octanol–water partition coefficient (Wildman–Crippen LogP) is 16.7. The van der Waals surface area contributed by atoms with Crippen molar-refractivity contribution in [3.63, 3.8) is 0 Å². The summed E-state index contributed by atoms with van der Waals surface area (Å²) in [6.07, 6.45) is 67.1. The first-order chi connectivity index (χ1) is 29.6. The molecule has 5 heteroatoms. The molecule has 0 aromatic carbocycles. The highest BCUT2D eigenvalue weighted by Gasteiger charge is 2.17. The van der Waals surface area contributed by atoms with Crippen LogP contribution in [0.5, 0.6) is 0 Å². The van der Waals surface area contributed by atoms with Crippen LogP contribution in [0.2, 0.25) is 0 Å². The Hall–Kier alpha value is -3.18. The van der Waals surface area contributed by atoms with Gasteiger partial charge in [-0.15, -0.1) is 0 Å². The molecule has 0 heterocycles. The van der Waals surface area contributed by atoms with Crippen molar-refractivity contribution in [3.05, 3.63) is 97.2 Å².